The fourth-order valence-electron chi connectivity index (χ4n) is 3.24. The normalized spacial score (nSPS) is 38.8. The highest BCUT2D eigenvalue weighted by Gasteiger charge is 2.39. The molecule has 0 spiro atoms. The largest absolute Gasteiger partial charge is 0.314 e. The summed E-state index contributed by atoms with van der Waals surface area (Å²) in [5.74, 6) is 1.38. The first kappa shape index (κ1) is 11.3. The van der Waals surface area contributed by atoms with E-state index in [2.05, 4.69) is 33.8 Å². The molecule has 3 heterocycles. The molecule has 0 aromatic rings. The molecule has 0 aromatic heterocycles. The molecule has 3 aliphatic rings. The summed E-state index contributed by atoms with van der Waals surface area (Å²) in [5.41, 5.74) is 0. The standard InChI is InChI=1S/C12H23N3S/c1-10-12(2-7-16-10)15-8-11(9-15)14-5-3-13-4-6-14/h10-13H,2-9H2,1H3. The van der Waals surface area contributed by atoms with E-state index in [1.54, 1.807) is 0 Å². The van der Waals surface area contributed by atoms with Crippen molar-refractivity contribution in [2.45, 2.75) is 30.7 Å². The van der Waals surface area contributed by atoms with Gasteiger partial charge in [0.15, 0.2) is 0 Å². The molecule has 4 heteroatoms. The van der Waals surface area contributed by atoms with Crippen LogP contribution in [-0.4, -0.2) is 72.2 Å². The van der Waals surface area contributed by atoms with Gasteiger partial charge in [0.25, 0.3) is 0 Å². The van der Waals surface area contributed by atoms with Crippen molar-refractivity contribution in [2.24, 2.45) is 0 Å². The van der Waals surface area contributed by atoms with Gasteiger partial charge in [-0.25, -0.2) is 0 Å². The topological polar surface area (TPSA) is 18.5 Å². The lowest BCUT2D eigenvalue weighted by Crippen LogP contribution is -2.65. The Labute approximate surface area is 103 Å². The Bertz CT molecular complexity index is 236. The number of piperazine rings is 1. The summed E-state index contributed by atoms with van der Waals surface area (Å²) in [6, 6.07) is 1.74. The SMILES string of the molecule is CC1SCCC1N1CC(N2CCNCC2)C1. The summed E-state index contributed by atoms with van der Waals surface area (Å²) < 4.78 is 0. The maximum absolute atomic E-state index is 3.43. The lowest BCUT2D eigenvalue weighted by atomic mass is 10.00. The summed E-state index contributed by atoms with van der Waals surface area (Å²) in [5, 5.41) is 4.30. The third kappa shape index (κ3) is 2.13. The highest BCUT2D eigenvalue weighted by molar-refractivity contribution is 8.00. The second kappa shape index (κ2) is 4.84. The van der Waals surface area contributed by atoms with Crippen LogP contribution in [-0.2, 0) is 0 Å². The molecule has 2 unspecified atom stereocenters. The average Bonchev–Trinajstić information content (AvgIpc) is 2.65. The third-order valence-corrected chi connectivity index (χ3v) is 5.68. The molecule has 1 N–H and O–H groups in total. The van der Waals surface area contributed by atoms with Crippen LogP contribution >= 0.6 is 11.8 Å². The van der Waals surface area contributed by atoms with Gasteiger partial charge in [0.1, 0.15) is 0 Å². The first-order chi connectivity index (χ1) is 7.84. The van der Waals surface area contributed by atoms with Gasteiger partial charge < -0.3 is 5.32 Å². The van der Waals surface area contributed by atoms with Crippen molar-refractivity contribution >= 4 is 11.8 Å². The second-order valence-electron chi connectivity index (χ2n) is 5.33. The number of nitrogens with one attached hydrogen (secondary N) is 1. The van der Waals surface area contributed by atoms with Gasteiger partial charge in [0.05, 0.1) is 0 Å². The van der Waals surface area contributed by atoms with Crippen LogP contribution in [0.3, 0.4) is 0 Å². The van der Waals surface area contributed by atoms with E-state index in [9.17, 15) is 0 Å². The number of hydrogen-bond donors (Lipinski definition) is 1. The smallest absolute Gasteiger partial charge is 0.0351 e. The number of hydrogen-bond acceptors (Lipinski definition) is 4. The van der Waals surface area contributed by atoms with Gasteiger partial charge >= 0.3 is 0 Å². The fraction of sp³-hybridized carbons (Fsp3) is 1.00. The van der Waals surface area contributed by atoms with Crippen molar-refractivity contribution in [2.75, 3.05) is 45.0 Å². The predicted molar refractivity (Wildman–Crippen MR) is 70.1 cm³/mol. The average molecular weight is 241 g/mol. The third-order valence-electron chi connectivity index (χ3n) is 4.36. The minimum Gasteiger partial charge on any atom is -0.314 e. The lowest BCUT2D eigenvalue weighted by molar-refractivity contribution is 0.00100. The minimum absolute atomic E-state index is 0.861. The molecule has 3 fully saturated rings. The summed E-state index contributed by atoms with van der Waals surface area (Å²) in [6.07, 6.45) is 1.42. The van der Waals surface area contributed by atoms with Crippen molar-refractivity contribution in [3.8, 4) is 0 Å². The molecule has 2 atom stereocenters. The maximum Gasteiger partial charge on any atom is 0.0351 e. The summed E-state index contributed by atoms with van der Waals surface area (Å²) >= 11 is 2.15. The van der Waals surface area contributed by atoms with Gasteiger partial charge in [-0.15, -0.1) is 0 Å². The monoisotopic (exact) mass is 241 g/mol. The predicted octanol–water partition coefficient (Wildman–Crippen LogP) is 0.470. The van der Waals surface area contributed by atoms with Gasteiger partial charge in [0, 0.05) is 56.6 Å². The molecule has 0 amide bonds. The number of nitrogens with zero attached hydrogens (tertiary/aromatic N) is 2. The van der Waals surface area contributed by atoms with E-state index in [1.807, 2.05) is 0 Å². The Hall–Kier alpha value is 0.230. The van der Waals surface area contributed by atoms with Gasteiger partial charge in [-0.1, -0.05) is 6.92 Å². The van der Waals surface area contributed by atoms with Crippen LogP contribution in [0.15, 0.2) is 0 Å². The molecule has 0 bridgehead atoms. The van der Waals surface area contributed by atoms with Crippen LogP contribution in [0.25, 0.3) is 0 Å². The first-order valence-corrected chi connectivity index (χ1v) is 7.70. The molecule has 0 saturated carbocycles. The van der Waals surface area contributed by atoms with Crippen molar-refractivity contribution in [1.82, 2.24) is 15.1 Å². The molecule has 3 saturated heterocycles. The molecular weight excluding hydrogens is 218 g/mol. The van der Waals surface area contributed by atoms with Crippen LogP contribution in [0.2, 0.25) is 0 Å². The molecule has 0 radical (unpaired) electrons. The van der Waals surface area contributed by atoms with Crippen LogP contribution in [0, 0.1) is 0 Å². The second-order valence-corrected chi connectivity index (χ2v) is 6.81. The number of rotatable bonds is 2. The quantitative estimate of drug-likeness (QED) is 0.757. The highest BCUT2D eigenvalue weighted by atomic mass is 32.2. The van der Waals surface area contributed by atoms with E-state index in [-0.39, 0.29) is 0 Å². The van der Waals surface area contributed by atoms with Crippen molar-refractivity contribution in [3.63, 3.8) is 0 Å². The Balaban J connectivity index is 1.46. The fourth-order valence-corrected chi connectivity index (χ4v) is 4.52. The minimum atomic E-state index is 0.861. The molecule has 16 heavy (non-hydrogen) atoms. The maximum atomic E-state index is 3.43. The lowest BCUT2D eigenvalue weighted by Gasteiger charge is -2.50. The first-order valence-electron chi connectivity index (χ1n) is 6.65. The van der Waals surface area contributed by atoms with E-state index in [0.29, 0.717) is 0 Å². The van der Waals surface area contributed by atoms with E-state index in [0.717, 1.165) is 17.3 Å². The molecular formula is C12H23N3S. The van der Waals surface area contributed by atoms with E-state index >= 15 is 0 Å². The highest BCUT2D eigenvalue weighted by Crippen LogP contribution is 2.33. The zero-order valence-corrected chi connectivity index (χ0v) is 11.0. The van der Waals surface area contributed by atoms with E-state index in [4.69, 9.17) is 0 Å². The van der Waals surface area contributed by atoms with Crippen molar-refractivity contribution in [3.05, 3.63) is 0 Å². The molecule has 92 valence electrons. The van der Waals surface area contributed by atoms with Gasteiger partial charge in [-0.2, -0.15) is 11.8 Å². The molecule has 3 nitrogen and oxygen atoms in total. The van der Waals surface area contributed by atoms with Crippen LogP contribution in [0.1, 0.15) is 13.3 Å². The van der Waals surface area contributed by atoms with Crippen LogP contribution in [0.4, 0.5) is 0 Å². The van der Waals surface area contributed by atoms with Crippen molar-refractivity contribution < 1.29 is 0 Å². The molecule has 3 aliphatic heterocycles. The summed E-state index contributed by atoms with van der Waals surface area (Å²) in [7, 11) is 0. The van der Waals surface area contributed by atoms with Crippen LogP contribution < -0.4 is 5.32 Å². The number of likely N-dealkylation sites (tertiary alicyclic amines) is 1. The Morgan fingerprint density at radius 3 is 2.50 bits per heavy atom. The Kier molecular flexibility index (Phi) is 3.43. The Morgan fingerprint density at radius 2 is 1.88 bits per heavy atom. The van der Waals surface area contributed by atoms with E-state index in [1.165, 1.54) is 51.4 Å². The van der Waals surface area contributed by atoms with E-state index < -0.39 is 0 Å². The summed E-state index contributed by atoms with van der Waals surface area (Å²) in [6.45, 7) is 9.95. The Morgan fingerprint density at radius 1 is 1.12 bits per heavy atom. The van der Waals surface area contributed by atoms with Crippen LogP contribution in [0.5, 0.6) is 0 Å². The molecule has 0 aliphatic carbocycles. The summed E-state index contributed by atoms with van der Waals surface area (Å²) in [4.78, 5) is 5.40. The molecule has 0 aromatic carbocycles. The zero-order chi connectivity index (χ0) is 11.0. The van der Waals surface area contributed by atoms with Gasteiger partial charge in [0.2, 0.25) is 0 Å². The molecule has 3 rings (SSSR count). The zero-order valence-electron chi connectivity index (χ0n) is 10.2. The number of thioether (sulfide) groups is 1. The van der Waals surface area contributed by atoms with Gasteiger partial charge in [-0.3, -0.25) is 9.80 Å². The van der Waals surface area contributed by atoms with Gasteiger partial charge in [-0.05, 0) is 12.2 Å². The van der Waals surface area contributed by atoms with Crippen molar-refractivity contribution in [1.29, 1.82) is 0 Å².